The first kappa shape index (κ1) is 23.9. The van der Waals surface area contributed by atoms with Gasteiger partial charge in [-0.2, -0.15) is 5.10 Å². The number of hydroxylamine groups is 1. The number of carbonyl (C=O) groups is 1. The number of ether oxygens (including phenoxy) is 1. The van der Waals surface area contributed by atoms with Crippen LogP contribution in [0, 0.1) is 11.8 Å². The van der Waals surface area contributed by atoms with Gasteiger partial charge in [-0.3, -0.25) is 14.7 Å². The van der Waals surface area contributed by atoms with Gasteiger partial charge in [0, 0.05) is 35.5 Å². The predicted molar refractivity (Wildman–Crippen MR) is 125 cm³/mol. The van der Waals surface area contributed by atoms with Gasteiger partial charge in [0.2, 0.25) is 0 Å². The lowest BCUT2D eigenvalue weighted by Crippen LogP contribution is -2.49. The van der Waals surface area contributed by atoms with Crippen LogP contribution in [0.4, 0.5) is 0 Å². The number of aromatic nitrogens is 2. The fourth-order valence-electron chi connectivity index (χ4n) is 3.65. The topological polar surface area (TPSA) is 131 Å². The van der Waals surface area contributed by atoms with Crippen LogP contribution in [-0.2, 0) is 31.5 Å². The van der Waals surface area contributed by atoms with Crippen LogP contribution in [0.15, 0.2) is 48.7 Å². The first-order chi connectivity index (χ1) is 16.0. The molecule has 1 aliphatic heterocycles. The molecule has 0 saturated carbocycles. The average molecular weight is 484 g/mol. The molecule has 0 unspecified atom stereocenters. The smallest absolute Gasteiger partial charge is 0.264 e. The number of aliphatic hydroxyl groups is 1. The van der Waals surface area contributed by atoms with Gasteiger partial charge in [-0.05, 0) is 49.2 Å². The Labute approximate surface area is 197 Å². The third kappa shape index (κ3) is 4.56. The predicted octanol–water partition coefficient (Wildman–Crippen LogP) is 1.35. The molecule has 3 N–H and O–H groups in total. The molecule has 1 aromatic heterocycles. The zero-order valence-corrected chi connectivity index (χ0v) is 19.6. The van der Waals surface area contributed by atoms with Crippen LogP contribution in [0.3, 0.4) is 0 Å². The Morgan fingerprint density at radius 2 is 1.85 bits per heavy atom. The van der Waals surface area contributed by atoms with Gasteiger partial charge in [-0.1, -0.05) is 24.0 Å². The lowest BCUT2D eigenvalue weighted by molar-refractivity contribution is -0.184. The van der Waals surface area contributed by atoms with Crippen molar-refractivity contribution in [3.63, 3.8) is 0 Å². The van der Waals surface area contributed by atoms with Crippen LogP contribution >= 0.6 is 0 Å². The molecule has 1 atom stereocenters. The highest BCUT2D eigenvalue weighted by Crippen LogP contribution is 2.29. The largest absolute Gasteiger partial charge is 0.380 e. The van der Waals surface area contributed by atoms with E-state index in [0.717, 1.165) is 28.3 Å². The number of amides is 1. The Morgan fingerprint density at radius 3 is 2.44 bits per heavy atom. The Hall–Kier alpha value is -3.23. The van der Waals surface area contributed by atoms with Crippen LogP contribution in [0.25, 0.3) is 10.9 Å². The summed E-state index contributed by atoms with van der Waals surface area (Å²) < 4.78 is 29.1. The quantitative estimate of drug-likeness (QED) is 0.274. The molecule has 0 aliphatic carbocycles. The Kier molecular flexibility index (Phi) is 6.22. The van der Waals surface area contributed by atoms with E-state index in [4.69, 9.17) is 9.94 Å². The summed E-state index contributed by atoms with van der Waals surface area (Å²) in [5.41, 5.74) is 3.65. The van der Waals surface area contributed by atoms with E-state index in [9.17, 15) is 18.3 Å². The average Bonchev–Trinajstić information content (AvgIpc) is 3.21. The maximum absolute atomic E-state index is 12.1. The van der Waals surface area contributed by atoms with Crippen LogP contribution in [0.2, 0.25) is 0 Å². The summed E-state index contributed by atoms with van der Waals surface area (Å²) >= 11 is 0. The molecule has 34 heavy (non-hydrogen) atoms. The van der Waals surface area contributed by atoms with E-state index in [1.807, 2.05) is 42.5 Å². The number of fused-ring (bicyclic) bond motifs is 1. The number of sulfone groups is 1. The first-order valence-corrected chi connectivity index (χ1v) is 12.5. The van der Waals surface area contributed by atoms with Gasteiger partial charge in [0.05, 0.1) is 18.7 Å². The van der Waals surface area contributed by atoms with Crippen molar-refractivity contribution < 1.29 is 28.3 Å². The number of rotatable bonds is 6. The molecule has 3 aromatic rings. The molecule has 4 rings (SSSR count). The molecule has 2 aromatic carbocycles. The van der Waals surface area contributed by atoms with Crippen molar-refractivity contribution >= 4 is 26.6 Å². The SMILES string of the molecule is C[C@@](CCn1cc2cc(C#Cc3ccc(C4(O)COC4)cc3)ccc2n1)(C(=O)NO)S(C)(=O)=O. The molecule has 178 valence electrons. The summed E-state index contributed by atoms with van der Waals surface area (Å²) in [6.45, 7) is 2.04. The summed E-state index contributed by atoms with van der Waals surface area (Å²) in [5, 5.41) is 24.5. The fraction of sp³-hybridized carbons (Fsp3) is 0.333. The van der Waals surface area contributed by atoms with E-state index in [2.05, 4.69) is 16.9 Å². The number of hydrogen-bond acceptors (Lipinski definition) is 7. The van der Waals surface area contributed by atoms with Crippen molar-refractivity contribution in [2.45, 2.75) is 30.2 Å². The van der Waals surface area contributed by atoms with E-state index in [1.54, 1.807) is 10.9 Å². The molecule has 0 bridgehead atoms. The van der Waals surface area contributed by atoms with Gasteiger partial charge in [-0.25, -0.2) is 13.9 Å². The second-order valence-electron chi connectivity index (χ2n) is 8.71. The summed E-state index contributed by atoms with van der Waals surface area (Å²) in [7, 11) is -3.78. The summed E-state index contributed by atoms with van der Waals surface area (Å²) in [5.74, 6) is 5.24. The molecule has 9 nitrogen and oxygen atoms in total. The van der Waals surface area contributed by atoms with Crippen molar-refractivity contribution in [1.82, 2.24) is 15.3 Å². The van der Waals surface area contributed by atoms with E-state index < -0.39 is 26.1 Å². The lowest BCUT2D eigenvalue weighted by atomic mass is 9.91. The third-order valence-electron chi connectivity index (χ3n) is 6.23. The van der Waals surface area contributed by atoms with Crippen LogP contribution < -0.4 is 5.48 Å². The Balaban J connectivity index is 1.49. The monoisotopic (exact) mass is 483 g/mol. The molecule has 0 radical (unpaired) electrons. The lowest BCUT2D eigenvalue weighted by Gasteiger charge is -2.36. The van der Waals surface area contributed by atoms with Crippen LogP contribution in [0.1, 0.15) is 30.0 Å². The zero-order valence-electron chi connectivity index (χ0n) is 18.8. The Bertz CT molecular complexity index is 1400. The van der Waals surface area contributed by atoms with E-state index in [1.165, 1.54) is 12.4 Å². The molecule has 1 amide bonds. The molecule has 0 spiro atoms. The fourth-order valence-corrected chi connectivity index (χ4v) is 4.50. The maximum Gasteiger partial charge on any atom is 0.264 e. The van der Waals surface area contributed by atoms with Crippen LogP contribution in [0.5, 0.6) is 0 Å². The third-order valence-corrected chi connectivity index (χ3v) is 8.25. The highest BCUT2D eigenvalue weighted by Gasteiger charge is 2.43. The first-order valence-electron chi connectivity index (χ1n) is 10.6. The van der Waals surface area contributed by atoms with Gasteiger partial charge in [0.1, 0.15) is 5.60 Å². The van der Waals surface area contributed by atoms with Crippen molar-refractivity contribution in [2.75, 3.05) is 19.5 Å². The molecular formula is C24H25N3O6S. The number of nitrogens with zero attached hydrogens (tertiary/aromatic N) is 2. The Morgan fingerprint density at radius 1 is 1.21 bits per heavy atom. The van der Waals surface area contributed by atoms with Crippen molar-refractivity contribution in [1.29, 1.82) is 0 Å². The molecule has 1 saturated heterocycles. The van der Waals surface area contributed by atoms with Crippen molar-refractivity contribution in [3.05, 3.63) is 65.4 Å². The summed E-state index contributed by atoms with van der Waals surface area (Å²) in [6, 6.07) is 13.0. The molecule has 1 fully saturated rings. The van der Waals surface area contributed by atoms with Gasteiger partial charge in [0.15, 0.2) is 14.6 Å². The zero-order chi connectivity index (χ0) is 24.6. The van der Waals surface area contributed by atoms with E-state index in [0.29, 0.717) is 18.7 Å². The second-order valence-corrected chi connectivity index (χ2v) is 11.2. The highest BCUT2D eigenvalue weighted by molar-refractivity contribution is 7.92. The number of benzene rings is 2. The minimum atomic E-state index is -3.78. The van der Waals surface area contributed by atoms with Crippen molar-refractivity contribution in [2.24, 2.45) is 0 Å². The van der Waals surface area contributed by atoms with Gasteiger partial charge >= 0.3 is 0 Å². The van der Waals surface area contributed by atoms with Gasteiger partial charge in [-0.15, -0.1) is 0 Å². The second kappa shape index (κ2) is 8.85. The molecular weight excluding hydrogens is 458 g/mol. The van der Waals surface area contributed by atoms with E-state index in [-0.39, 0.29) is 13.0 Å². The van der Waals surface area contributed by atoms with Crippen molar-refractivity contribution in [3.8, 4) is 11.8 Å². The minimum Gasteiger partial charge on any atom is -0.380 e. The normalized spacial score (nSPS) is 16.7. The number of aryl methyl sites for hydroxylation is 1. The molecule has 2 heterocycles. The minimum absolute atomic E-state index is 0.0594. The number of carbonyl (C=O) groups excluding carboxylic acids is 1. The number of nitrogens with one attached hydrogen (secondary N) is 1. The summed E-state index contributed by atoms with van der Waals surface area (Å²) in [6.07, 6.45) is 2.66. The standard InChI is InChI=1S/C24H25N3O6S/c1-23(22(28)26-30,34(2,31)32)11-12-27-14-19-13-18(7-10-21(19)25-27)4-3-17-5-8-20(9-6-17)24(29)15-33-16-24/h5-10,13-14,29-30H,11-12,15-16H2,1-2H3,(H,26,28)/t23-/m1/s1. The molecule has 1 aliphatic rings. The highest BCUT2D eigenvalue weighted by atomic mass is 32.2. The maximum atomic E-state index is 12.1. The van der Waals surface area contributed by atoms with Crippen LogP contribution in [-0.4, -0.2) is 58.6 Å². The van der Waals surface area contributed by atoms with E-state index >= 15 is 0 Å². The van der Waals surface area contributed by atoms with Gasteiger partial charge in [0.25, 0.3) is 5.91 Å². The number of hydrogen-bond donors (Lipinski definition) is 3. The molecule has 10 heteroatoms. The van der Waals surface area contributed by atoms with Gasteiger partial charge < -0.3 is 9.84 Å². The summed E-state index contributed by atoms with van der Waals surface area (Å²) in [4.78, 5) is 12.0.